The Bertz CT molecular complexity index is 743. The first-order chi connectivity index (χ1) is 14.1. The van der Waals surface area contributed by atoms with Gasteiger partial charge in [0, 0.05) is 25.9 Å². The summed E-state index contributed by atoms with van der Waals surface area (Å²) in [6.07, 6.45) is 4.27. The molecule has 30 heavy (non-hydrogen) atoms. The number of hydrogen-bond acceptors (Lipinski definition) is 9. The van der Waals surface area contributed by atoms with E-state index in [1.54, 1.807) is 27.7 Å². The number of rotatable bonds is 12. The average molecular weight is 422 g/mol. The van der Waals surface area contributed by atoms with E-state index in [-0.39, 0.29) is 37.4 Å². The van der Waals surface area contributed by atoms with Crippen LogP contribution in [-0.2, 0) is 28.6 Å². The zero-order valence-electron chi connectivity index (χ0n) is 18.2. The molecule has 0 bridgehead atoms. The van der Waals surface area contributed by atoms with E-state index in [1.165, 1.54) is 25.8 Å². The fourth-order valence-electron chi connectivity index (χ4n) is 2.86. The minimum absolute atomic E-state index is 0.0122. The number of esters is 2. The summed E-state index contributed by atoms with van der Waals surface area (Å²) in [6, 6.07) is 0. The van der Waals surface area contributed by atoms with Gasteiger partial charge in [0.05, 0.1) is 12.2 Å². The predicted octanol–water partition coefficient (Wildman–Crippen LogP) is 2.33. The van der Waals surface area contributed by atoms with Gasteiger partial charge < -0.3 is 14.2 Å². The maximum atomic E-state index is 13.4. The van der Waals surface area contributed by atoms with E-state index in [1.807, 2.05) is 0 Å². The molecule has 1 unspecified atom stereocenters. The van der Waals surface area contributed by atoms with Crippen LogP contribution in [0.2, 0.25) is 0 Å². The number of hydrogen-bond donors (Lipinski definition) is 0. The monoisotopic (exact) mass is 422 g/mol. The Labute approximate surface area is 176 Å². The fraction of sp³-hybridized carbons (Fsp3) is 0.619. The van der Waals surface area contributed by atoms with E-state index in [4.69, 9.17) is 14.2 Å². The molecule has 0 aromatic carbocycles. The summed E-state index contributed by atoms with van der Waals surface area (Å²) in [6.45, 7) is 6.46. The lowest BCUT2D eigenvalue weighted by Crippen LogP contribution is -2.51. The molecular formula is C21H30N2O7. The van der Waals surface area contributed by atoms with Crippen LogP contribution in [0, 0.1) is 5.41 Å². The van der Waals surface area contributed by atoms with Crippen LogP contribution in [0.25, 0.3) is 0 Å². The van der Waals surface area contributed by atoms with Gasteiger partial charge in [-0.25, -0.2) is 9.97 Å². The molecule has 0 aliphatic carbocycles. The molecule has 0 amide bonds. The van der Waals surface area contributed by atoms with E-state index in [9.17, 15) is 19.2 Å². The second-order valence-corrected chi connectivity index (χ2v) is 7.73. The van der Waals surface area contributed by atoms with E-state index in [2.05, 4.69) is 9.97 Å². The van der Waals surface area contributed by atoms with Crippen LogP contribution >= 0.6 is 0 Å². The van der Waals surface area contributed by atoms with Crippen molar-refractivity contribution in [3.63, 3.8) is 0 Å². The summed E-state index contributed by atoms with van der Waals surface area (Å²) in [5.41, 5.74) is -3.03. The maximum Gasteiger partial charge on any atom is 0.328 e. The Morgan fingerprint density at radius 3 is 2.20 bits per heavy atom. The normalized spacial score (nSPS) is 13.2. The number of carbonyl (C=O) groups is 4. The third-order valence-electron chi connectivity index (χ3n) is 4.20. The van der Waals surface area contributed by atoms with Crippen LogP contribution < -0.4 is 0 Å². The lowest BCUT2D eigenvalue weighted by molar-refractivity contribution is -0.168. The summed E-state index contributed by atoms with van der Waals surface area (Å²) < 4.78 is 15.3. The topological polar surface area (TPSA) is 122 Å². The first-order valence-electron chi connectivity index (χ1n) is 9.79. The van der Waals surface area contributed by atoms with Crippen molar-refractivity contribution in [2.75, 3.05) is 20.3 Å². The Kier molecular flexibility index (Phi) is 9.71. The van der Waals surface area contributed by atoms with Crippen LogP contribution in [-0.4, -0.2) is 59.4 Å². The summed E-state index contributed by atoms with van der Waals surface area (Å²) in [5.74, 6) is -2.81. The molecule has 0 fully saturated rings. The lowest BCUT2D eigenvalue weighted by Gasteiger charge is -2.32. The van der Waals surface area contributed by atoms with Crippen LogP contribution in [0.1, 0.15) is 63.7 Å². The Balaban J connectivity index is 3.29. The number of Topliss-reactive ketones (excluding diaryl/α,β-unsaturated/α-hetero) is 2. The molecule has 9 nitrogen and oxygen atoms in total. The van der Waals surface area contributed by atoms with Crippen molar-refractivity contribution in [2.45, 2.75) is 59.0 Å². The van der Waals surface area contributed by atoms with Crippen LogP contribution in [0.3, 0.4) is 0 Å². The number of nitrogens with zero attached hydrogens (tertiary/aromatic N) is 2. The molecule has 1 rings (SSSR count). The lowest BCUT2D eigenvalue weighted by atomic mass is 9.73. The van der Waals surface area contributed by atoms with E-state index in [0.717, 1.165) is 0 Å². The van der Waals surface area contributed by atoms with Gasteiger partial charge >= 0.3 is 11.9 Å². The van der Waals surface area contributed by atoms with Crippen molar-refractivity contribution in [3.8, 4) is 0 Å². The van der Waals surface area contributed by atoms with Gasteiger partial charge in [-0.1, -0.05) is 6.42 Å². The number of unbranched alkanes of at least 4 members (excludes halogenated alkanes) is 1. The Hall–Kier alpha value is -2.68. The standard InChI is InChI=1S/C21H30N2O7/c1-6-29-17(25)9-7-8-10-21(16(24)13-28-5,19(27)30-20(2,3)4)18(26)15-11-22-14-23-12-15/h11-12,14H,6-10,13H2,1-5H3. The number of carbonyl (C=O) groups excluding carboxylic acids is 4. The smallest absolute Gasteiger partial charge is 0.328 e. The van der Waals surface area contributed by atoms with Gasteiger partial charge in [0.2, 0.25) is 0 Å². The van der Waals surface area contributed by atoms with Gasteiger partial charge in [0.15, 0.2) is 17.0 Å². The highest BCUT2D eigenvalue weighted by Crippen LogP contribution is 2.34. The number of ketones is 2. The van der Waals surface area contributed by atoms with Crippen molar-refractivity contribution < 1.29 is 33.4 Å². The molecule has 0 aliphatic heterocycles. The molecule has 0 saturated carbocycles. The number of ether oxygens (including phenoxy) is 3. The largest absolute Gasteiger partial charge is 0.466 e. The highest BCUT2D eigenvalue weighted by atomic mass is 16.6. The molecule has 9 heteroatoms. The van der Waals surface area contributed by atoms with E-state index >= 15 is 0 Å². The average Bonchev–Trinajstić information content (AvgIpc) is 2.67. The van der Waals surface area contributed by atoms with Crippen LogP contribution in [0.15, 0.2) is 18.7 Å². The summed E-state index contributed by atoms with van der Waals surface area (Å²) in [5, 5.41) is 0. The van der Waals surface area contributed by atoms with Crippen molar-refractivity contribution >= 4 is 23.5 Å². The summed E-state index contributed by atoms with van der Waals surface area (Å²) in [4.78, 5) is 58.9. The molecule has 1 atom stereocenters. The molecule has 166 valence electrons. The van der Waals surface area contributed by atoms with E-state index < -0.39 is 35.2 Å². The predicted molar refractivity (Wildman–Crippen MR) is 107 cm³/mol. The molecule has 0 radical (unpaired) electrons. The van der Waals surface area contributed by atoms with Crippen molar-refractivity contribution in [1.82, 2.24) is 9.97 Å². The second-order valence-electron chi connectivity index (χ2n) is 7.73. The van der Waals surface area contributed by atoms with Gasteiger partial charge in [-0.15, -0.1) is 0 Å². The molecule has 0 aliphatic rings. The zero-order valence-corrected chi connectivity index (χ0v) is 18.2. The molecule has 0 N–H and O–H groups in total. The molecule has 1 heterocycles. The minimum atomic E-state index is -2.12. The SMILES string of the molecule is CCOC(=O)CCCCC(C(=O)COC)(C(=O)OC(C)(C)C)C(=O)c1cncnc1. The Morgan fingerprint density at radius 2 is 1.67 bits per heavy atom. The first kappa shape index (κ1) is 25.4. The molecule has 1 aromatic heterocycles. The molecule has 0 spiro atoms. The van der Waals surface area contributed by atoms with Gasteiger partial charge in [0.25, 0.3) is 0 Å². The maximum absolute atomic E-state index is 13.4. The zero-order chi connectivity index (χ0) is 22.8. The molecular weight excluding hydrogens is 392 g/mol. The van der Waals surface area contributed by atoms with Crippen LogP contribution in [0.5, 0.6) is 0 Å². The van der Waals surface area contributed by atoms with Gasteiger partial charge in [-0.3, -0.25) is 19.2 Å². The van der Waals surface area contributed by atoms with Gasteiger partial charge in [-0.05, 0) is 40.5 Å². The van der Waals surface area contributed by atoms with Crippen LogP contribution in [0.4, 0.5) is 0 Å². The van der Waals surface area contributed by atoms with Crippen molar-refractivity contribution in [1.29, 1.82) is 0 Å². The molecule has 0 saturated heterocycles. The third-order valence-corrected chi connectivity index (χ3v) is 4.20. The summed E-state index contributed by atoms with van der Waals surface area (Å²) >= 11 is 0. The molecule has 1 aromatic rings. The fourth-order valence-corrected chi connectivity index (χ4v) is 2.86. The third kappa shape index (κ3) is 6.98. The number of methoxy groups -OCH3 is 1. The first-order valence-corrected chi connectivity index (χ1v) is 9.79. The number of aromatic nitrogens is 2. The Morgan fingerprint density at radius 1 is 1.03 bits per heavy atom. The van der Waals surface area contributed by atoms with Crippen molar-refractivity contribution in [3.05, 3.63) is 24.3 Å². The highest BCUT2D eigenvalue weighted by Gasteiger charge is 2.54. The quantitative estimate of drug-likeness (QED) is 0.216. The van der Waals surface area contributed by atoms with E-state index in [0.29, 0.717) is 6.42 Å². The van der Waals surface area contributed by atoms with Crippen molar-refractivity contribution in [2.24, 2.45) is 5.41 Å². The second kappa shape index (κ2) is 11.5. The summed E-state index contributed by atoms with van der Waals surface area (Å²) in [7, 11) is 1.30. The highest BCUT2D eigenvalue weighted by molar-refractivity contribution is 6.27. The van der Waals surface area contributed by atoms with Gasteiger partial charge in [0.1, 0.15) is 18.5 Å². The van der Waals surface area contributed by atoms with Gasteiger partial charge in [-0.2, -0.15) is 0 Å². The minimum Gasteiger partial charge on any atom is -0.466 e.